The molecule has 0 radical (unpaired) electrons. The van der Waals surface area contributed by atoms with Crippen molar-refractivity contribution >= 4 is 67.3 Å². The van der Waals surface area contributed by atoms with Gasteiger partial charge in [0.05, 0.1) is 71.1 Å². The lowest BCUT2D eigenvalue weighted by Gasteiger charge is -2.37. The summed E-state index contributed by atoms with van der Waals surface area (Å²) in [5.74, 6) is -1.64. The molecular formula is C106H100N11O20P. The molecule has 5 N–H and O–H groups in total. The number of carbonyl (C=O) groups excluding carboxylic acids is 6. The van der Waals surface area contributed by atoms with Crippen LogP contribution in [-0.4, -0.2) is 173 Å². The summed E-state index contributed by atoms with van der Waals surface area (Å²) in [6.07, 6.45) is -5.10. The highest BCUT2D eigenvalue weighted by molar-refractivity contribution is 7.41. The summed E-state index contributed by atoms with van der Waals surface area (Å²) in [4.78, 5) is 128. The van der Waals surface area contributed by atoms with E-state index in [0.717, 1.165) is 72.3 Å². The summed E-state index contributed by atoms with van der Waals surface area (Å²) >= 11 is 0. The van der Waals surface area contributed by atoms with Gasteiger partial charge in [0, 0.05) is 75.2 Å². The fraction of sp³-hybridized carbons (Fsp3) is 0.283. The van der Waals surface area contributed by atoms with Crippen LogP contribution in [0.15, 0.2) is 277 Å². The molecule has 5 aliphatic rings. The molecule has 18 rings (SSSR count). The number of anilines is 2. The van der Waals surface area contributed by atoms with Gasteiger partial charge in [-0.15, -0.1) is 0 Å². The normalized spacial score (nSPS) is 17.2. The van der Waals surface area contributed by atoms with Gasteiger partial charge in [-0.2, -0.15) is 15.2 Å². The minimum absolute atomic E-state index is 0.00209. The lowest BCUT2D eigenvalue weighted by atomic mass is 9.80. The molecule has 31 nitrogen and oxygen atoms in total. The van der Waals surface area contributed by atoms with Gasteiger partial charge in [0.25, 0.3) is 11.5 Å². The van der Waals surface area contributed by atoms with Crippen molar-refractivity contribution in [1.29, 1.82) is 5.26 Å². The van der Waals surface area contributed by atoms with E-state index in [0.29, 0.717) is 28.2 Å². The highest BCUT2D eigenvalue weighted by Crippen LogP contribution is 2.51. The summed E-state index contributed by atoms with van der Waals surface area (Å²) in [5.41, 5.74) is 12.9. The molecule has 704 valence electrons. The predicted molar refractivity (Wildman–Crippen MR) is 511 cm³/mol. The number of aromatic nitrogens is 6. The first-order valence-corrected chi connectivity index (χ1v) is 46.8. The number of nitrogens with zero attached hydrogens (tertiary/aromatic N) is 7. The molecule has 10 aromatic carbocycles. The molecule has 3 aromatic heterocycles. The number of aryl methyl sites for hydroxylation is 1. The number of rotatable bonds is 39. The van der Waals surface area contributed by atoms with E-state index in [1.807, 2.05) is 200 Å². The summed E-state index contributed by atoms with van der Waals surface area (Å²) in [7, 11) is 2.25. The lowest BCUT2D eigenvalue weighted by molar-refractivity contribution is -0.144. The van der Waals surface area contributed by atoms with E-state index >= 15 is 0 Å². The Bertz CT molecular complexity index is 6610. The Hall–Kier alpha value is -14.7. The van der Waals surface area contributed by atoms with Crippen LogP contribution >= 0.6 is 8.60 Å². The molecule has 0 saturated carbocycles. The number of alkyl carbamates (subject to hydrolysis) is 1. The van der Waals surface area contributed by atoms with Gasteiger partial charge < -0.3 is 72.1 Å². The van der Waals surface area contributed by atoms with E-state index in [1.165, 1.54) is 32.6 Å². The van der Waals surface area contributed by atoms with Crippen LogP contribution in [0, 0.1) is 11.3 Å². The number of aliphatic hydroxyl groups is 1. The van der Waals surface area contributed by atoms with Crippen LogP contribution in [0.3, 0.4) is 0 Å². The van der Waals surface area contributed by atoms with Crippen LogP contribution in [-0.2, 0) is 68.4 Å². The maximum Gasteiger partial charge on any atom is 0.409 e. The topological polar surface area (TPSA) is 386 Å². The zero-order valence-electron chi connectivity index (χ0n) is 75.8. The number of benzene rings is 10. The first-order valence-electron chi connectivity index (χ1n) is 45.7. The average molecular weight is 1880 g/mol. The van der Waals surface area contributed by atoms with Crippen molar-refractivity contribution < 1.29 is 85.3 Å². The Balaban J connectivity index is 0.533. The Labute approximate surface area is 795 Å². The smallest absolute Gasteiger partial charge is 0.409 e. The Morgan fingerprint density at radius 2 is 1.11 bits per heavy atom. The monoisotopic (exact) mass is 1880 g/mol. The molecule has 3 aliphatic carbocycles. The first-order chi connectivity index (χ1) is 67.4. The summed E-state index contributed by atoms with van der Waals surface area (Å²) in [5, 5.41) is 29.8. The maximum atomic E-state index is 14.6. The van der Waals surface area contributed by atoms with Crippen molar-refractivity contribution in [2.45, 2.75) is 124 Å². The number of aliphatic hydroxyl groups excluding tert-OH is 1. The number of nitrogens with one attached hydrogen (secondary N) is 4. The molecule has 4 unspecified atom stereocenters. The molecule has 2 fully saturated rings. The second-order valence-corrected chi connectivity index (χ2v) is 35.4. The van der Waals surface area contributed by atoms with Crippen molar-refractivity contribution in [2.75, 3.05) is 78.1 Å². The Morgan fingerprint density at radius 3 is 1.67 bits per heavy atom. The number of hydrogen-bond acceptors (Lipinski definition) is 24. The molecule has 5 heterocycles. The summed E-state index contributed by atoms with van der Waals surface area (Å²) in [6, 6.07) is 81.4. The third-order valence-electron chi connectivity index (χ3n) is 25.8. The Kier molecular flexibility index (Phi) is 29.0. The standard InChI is InChI=1S/C106H100N11O20P/c1-115(105(126)131-61-86-82-33-17-11-27-76(82)77-28-12-18-34-83(77)86)54-19-35-94(120)112-102-113-99-98(101(123)114-102)108-64-117(99)95-57-89(119)91(135-95)63-134-138(133-56-20-53-107)137-90-58-96(136-92(90)62-132-106(67-21-5-4-6-22-67,68-41-45-70(127-2)46-42-68)69-43-47-71(128-3)48-44-69)116-55-52-93(111-103(116)124)110-100(122)66-39-36-65(37-40-66)38-50-88(118)87(109-104(125)130-60-85-80-31-15-9-25-74(80)75-26-10-16-32-81(75)85)49-51-97(121)129-59-84-78-29-13-7-23-72(78)73-24-8-14-30-79(73)84/h4-18,21-34,36-37,39-48,52,55,64,84-87,89-92,95-96,119H,19-20,35,38,49-51,54,56-63H2,1-3H3,(H,109,125)(H,110,111,122,124)(H2,112,113,114,120,123)/t87?,89?,90?,91-,92-,95-,96-,138?/m1/s1. The minimum Gasteiger partial charge on any atom is -0.497 e. The fourth-order valence-electron chi connectivity index (χ4n) is 18.8. The van der Waals surface area contributed by atoms with E-state index in [1.54, 1.807) is 45.5 Å². The van der Waals surface area contributed by atoms with Gasteiger partial charge in [0.1, 0.15) is 67.4 Å². The number of methoxy groups -OCH3 is 2. The fourth-order valence-corrected chi connectivity index (χ4v) is 20.0. The number of aromatic amines is 1. The highest BCUT2D eigenvalue weighted by Gasteiger charge is 2.46. The SMILES string of the molecule is COc1ccc(C(OC[C@H]2O[C@@H](n3ccc(NC(=O)c4ccc(CCC(=O)C(CCC(=O)OCC5c6ccccc6-c6ccccc65)NC(=O)OCC5c6ccccc6-c6ccccc65)cc4)nc3=O)CC2OP(OCCC#N)OC[C@H]2O[C@@H](n3cnc4c(=O)[nH]c(NC(=O)CCCN(C)C(=O)OCC5c6ccccc6-c6ccccc65)nc43)CC2O)(c2ccccc2)c2ccc(OC)cc2)cc1. The minimum atomic E-state index is -2.49. The van der Waals surface area contributed by atoms with Crippen LogP contribution < -0.4 is 36.7 Å². The number of Topliss-reactive ketones (excluding diaryl/α,β-unsaturated/α-hetero) is 1. The van der Waals surface area contributed by atoms with Crippen molar-refractivity contribution in [3.05, 3.63) is 349 Å². The van der Waals surface area contributed by atoms with Crippen molar-refractivity contribution in [3.8, 4) is 50.9 Å². The van der Waals surface area contributed by atoms with Gasteiger partial charge in [-0.3, -0.25) is 43.4 Å². The van der Waals surface area contributed by atoms with E-state index in [9.17, 15) is 48.7 Å². The highest BCUT2D eigenvalue weighted by atomic mass is 31.2. The van der Waals surface area contributed by atoms with Crippen LogP contribution in [0.2, 0.25) is 0 Å². The number of imidazole rings is 1. The number of fused-ring (bicyclic) bond motifs is 10. The van der Waals surface area contributed by atoms with Gasteiger partial charge in [0.15, 0.2) is 16.9 Å². The first kappa shape index (κ1) is 93.7. The average Bonchev–Trinajstić information content (AvgIpc) is 1.71. The van der Waals surface area contributed by atoms with Gasteiger partial charge >= 0.3 is 32.4 Å². The number of hydrogen-bond donors (Lipinski definition) is 5. The van der Waals surface area contributed by atoms with E-state index in [4.69, 9.17) is 51.5 Å². The quantitative estimate of drug-likeness (QED) is 0.00785. The Morgan fingerprint density at radius 1 is 0.580 bits per heavy atom. The van der Waals surface area contributed by atoms with Crippen LogP contribution in [0.1, 0.15) is 148 Å². The third-order valence-corrected chi connectivity index (χ3v) is 27.0. The zero-order valence-corrected chi connectivity index (χ0v) is 76.7. The second kappa shape index (κ2) is 42.7. The van der Waals surface area contributed by atoms with Gasteiger partial charge in [-0.1, -0.05) is 212 Å². The van der Waals surface area contributed by atoms with Crippen LogP contribution in [0.4, 0.5) is 21.4 Å². The molecule has 13 aromatic rings. The number of amides is 4. The van der Waals surface area contributed by atoms with Crippen molar-refractivity contribution in [3.63, 3.8) is 0 Å². The van der Waals surface area contributed by atoms with Gasteiger partial charge in [-0.25, -0.2) is 19.4 Å². The summed E-state index contributed by atoms with van der Waals surface area (Å²) in [6.45, 7) is -0.324. The second-order valence-electron chi connectivity index (χ2n) is 34.2. The number of H-pyrrole nitrogens is 1. The number of ketones is 1. The number of ether oxygens (including phenoxy) is 8. The number of esters is 1. The van der Waals surface area contributed by atoms with Crippen molar-refractivity contribution in [1.82, 2.24) is 39.3 Å². The van der Waals surface area contributed by atoms with E-state index in [-0.39, 0.29) is 156 Å². The van der Waals surface area contributed by atoms with Crippen molar-refractivity contribution in [2.24, 2.45) is 0 Å². The van der Waals surface area contributed by atoms with E-state index in [2.05, 4.69) is 66.2 Å². The van der Waals surface area contributed by atoms with Gasteiger partial charge in [0.2, 0.25) is 11.9 Å². The molecule has 32 heteroatoms. The largest absolute Gasteiger partial charge is 0.497 e. The van der Waals surface area contributed by atoms with Gasteiger partial charge in [-0.05, 0) is 151 Å². The van der Waals surface area contributed by atoms with E-state index < -0.39 is 98.3 Å². The molecular weight excluding hydrogens is 1780 g/mol. The number of nitriles is 1. The zero-order chi connectivity index (χ0) is 95.3. The molecule has 8 atom stereocenters. The van der Waals surface area contributed by atoms with Crippen LogP contribution in [0.5, 0.6) is 11.5 Å². The molecule has 2 saturated heterocycles. The molecule has 2 aliphatic heterocycles. The molecule has 4 amide bonds. The predicted octanol–water partition coefficient (Wildman–Crippen LogP) is 16.3. The number of carbonyl (C=O) groups is 6. The lowest BCUT2D eigenvalue weighted by Crippen LogP contribution is -2.42. The molecule has 138 heavy (non-hydrogen) atoms. The molecule has 0 bridgehead atoms. The molecule has 0 spiro atoms. The maximum absolute atomic E-state index is 14.6. The third kappa shape index (κ3) is 20.5. The van der Waals surface area contributed by atoms with Crippen LogP contribution in [0.25, 0.3) is 44.5 Å². The summed E-state index contributed by atoms with van der Waals surface area (Å²) < 4.78 is 71.9.